The fourth-order valence-electron chi connectivity index (χ4n) is 1.86. The number of hydrogen-bond acceptors (Lipinski definition) is 4. The number of ether oxygens (including phenoxy) is 1. The van der Waals surface area contributed by atoms with E-state index < -0.39 is 0 Å². The van der Waals surface area contributed by atoms with Gasteiger partial charge in [0.2, 0.25) is 5.89 Å². The summed E-state index contributed by atoms with van der Waals surface area (Å²) < 4.78 is 11.4. The molecule has 2 rings (SSSR count). The maximum absolute atomic E-state index is 5.73. The van der Waals surface area contributed by atoms with Crippen LogP contribution in [0, 0.1) is 0 Å². The van der Waals surface area contributed by atoms with Gasteiger partial charge in [0.25, 0.3) is 0 Å². The van der Waals surface area contributed by atoms with Crippen LogP contribution >= 0.6 is 0 Å². The molecule has 1 aromatic heterocycles. The highest BCUT2D eigenvalue weighted by Gasteiger charge is 2.26. The van der Waals surface area contributed by atoms with Crippen molar-refractivity contribution in [2.24, 2.45) is 0 Å². The molecule has 16 heavy (non-hydrogen) atoms. The topological polar surface area (TPSA) is 47.3 Å². The molecule has 0 saturated carbocycles. The van der Waals surface area contributed by atoms with Gasteiger partial charge < -0.3 is 14.5 Å². The highest BCUT2D eigenvalue weighted by atomic mass is 16.5. The minimum absolute atomic E-state index is 0.107. The second-order valence-electron chi connectivity index (χ2n) is 4.70. The zero-order valence-corrected chi connectivity index (χ0v) is 10.2. The molecule has 90 valence electrons. The second kappa shape index (κ2) is 4.97. The number of nitrogens with one attached hydrogen (secondary N) is 1. The normalized spacial score (nSPS) is 25.5. The molecule has 4 nitrogen and oxygen atoms in total. The van der Waals surface area contributed by atoms with Gasteiger partial charge in [0.1, 0.15) is 6.10 Å². The summed E-state index contributed by atoms with van der Waals surface area (Å²) in [6.07, 6.45) is 4.38. The molecule has 0 spiro atoms. The van der Waals surface area contributed by atoms with Gasteiger partial charge in [0.15, 0.2) is 5.76 Å². The first-order valence-electron chi connectivity index (χ1n) is 5.98. The molecule has 4 heteroatoms. The molecule has 1 saturated heterocycles. The van der Waals surface area contributed by atoms with Gasteiger partial charge in [-0.3, -0.25) is 0 Å². The molecule has 2 heterocycles. The maximum atomic E-state index is 5.73. The fourth-order valence-corrected chi connectivity index (χ4v) is 1.86. The summed E-state index contributed by atoms with van der Waals surface area (Å²) in [7, 11) is 0. The smallest absolute Gasteiger partial charge is 0.208 e. The summed E-state index contributed by atoms with van der Waals surface area (Å²) in [4.78, 5) is 4.25. The first-order valence-corrected chi connectivity index (χ1v) is 5.98. The Balaban J connectivity index is 1.91. The largest absolute Gasteiger partial charge is 0.442 e. The van der Waals surface area contributed by atoms with E-state index in [-0.39, 0.29) is 6.10 Å². The minimum Gasteiger partial charge on any atom is -0.442 e. The molecule has 1 aromatic rings. The number of oxazole rings is 1. The second-order valence-corrected chi connectivity index (χ2v) is 4.70. The van der Waals surface area contributed by atoms with E-state index in [9.17, 15) is 0 Å². The molecule has 1 aliphatic heterocycles. The van der Waals surface area contributed by atoms with Crippen LogP contribution in [0.4, 0.5) is 0 Å². The van der Waals surface area contributed by atoms with Gasteiger partial charge >= 0.3 is 0 Å². The Morgan fingerprint density at radius 2 is 2.31 bits per heavy atom. The average molecular weight is 224 g/mol. The van der Waals surface area contributed by atoms with E-state index in [0.717, 1.165) is 24.5 Å². The van der Waals surface area contributed by atoms with Gasteiger partial charge in [-0.25, -0.2) is 4.98 Å². The van der Waals surface area contributed by atoms with Crippen LogP contribution in [0.15, 0.2) is 10.6 Å². The van der Waals surface area contributed by atoms with E-state index in [4.69, 9.17) is 9.15 Å². The predicted molar refractivity (Wildman–Crippen MR) is 61.0 cm³/mol. The Morgan fingerprint density at radius 3 is 2.94 bits per heavy atom. The van der Waals surface area contributed by atoms with Gasteiger partial charge in [0.05, 0.1) is 18.8 Å². The SMILES string of the molecule is CC(C)NCc1ncc(C2CCC(C)O2)o1. The Morgan fingerprint density at radius 1 is 1.50 bits per heavy atom. The Bertz CT molecular complexity index is 336. The van der Waals surface area contributed by atoms with E-state index in [1.165, 1.54) is 0 Å². The number of aromatic nitrogens is 1. The molecule has 2 atom stereocenters. The summed E-state index contributed by atoms with van der Waals surface area (Å²) in [5.74, 6) is 1.61. The van der Waals surface area contributed by atoms with E-state index in [0.29, 0.717) is 18.7 Å². The first-order chi connectivity index (χ1) is 7.65. The average Bonchev–Trinajstić information content (AvgIpc) is 2.83. The predicted octanol–water partition coefficient (Wildman–Crippen LogP) is 2.41. The first kappa shape index (κ1) is 11.6. The molecular formula is C12H20N2O2. The molecule has 0 bridgehead atoms. The van der Waals surface area contributed by atoms with E-state index in [1.54, 1.807) is 6.20 Å². The van der Waals surface area contributed by atoms with Gasteiger partial charge in [-0.2, -0.15) is 0 Å². The molecule has 0 radical (unpaired) electrons. The van der Waals surface area contributed by atoms with Gasteiger partial charge in [0, 0.05) is 6.04 Å². The van der Waals surface area contributed by atoms with E-state index >= 15 is 0 Å². The van der Waals surface area contributed by atoms with E-state index in [2.05, 4.69) is 31.1 Å². The van der Waals surface area contributed by atoms with Crippen molar-refractivity contribution in [3.8, 4) is 0 Å². The molecular weight excluding hydrogens is 204 g/mol. The molecule has 1 fully saturated rings. The van der Waals surface area contributed by atoms with Crippen LogP contribution in [0.2, 0.25) is 0 Å². The van der Waals surface area contributed by atoms with Crippen LogP contribution in [0.5, 0.6) is 0 Å². The van der Waals surface area contributed by atoms with Gasteiger partial charge in [-0.15, -0.1) is 0 Å². The highest BCUT2D eigenvalue weighted by molar-refractivity contribution is 5.00. The van der Waals surface area contributed by atoms with Crippen molar-refractivity contribution in [1.82, 2.24) is 10.3 Å². The zero-order chi connectivity index (χ0) is 11.5. The standard InChI is InChI=1S/C12H20N2O2/c1-8(2)13-7-12-14-6-11(16-12)10-5-4-9(3)15-10/h6,8-10,13H,4-5,7H2,1-3H3. The Labute approximate surface area is 96.4 Å². The molecule has 1 aliphatic rings. The summed E-state index contributed by atoms with van der Waals surface area (Å²) >= 11 is 0. The van der Waals surface area contributed by atoms with Crippen molar-refractivity contribution < 1.29 is 9.15 Å². The van der Waals surface area contributed by atoms with Crippen LogP contribution in [-0.4, -0.2) is 17.1 Å². The summed E-state index contributed by atoms with van der Waals surface area (Å²) in [5.41, 5.74) is 0. The van der Waals surface area contributed by atoms with Crippen molar-refractivity contribution >= 4 is 0 Å². The molecule has 2 unspecified atom stereocenters. The summed E-state index contributed by atoms with van der Waals surface area (Å²) in [5, 5.41) is 3.28. The molecule has 1 N–H and O–H groups in total. The minimum atomic E-state index is 0.107. The molecule has 0 amide bonds. The van der Waals surface area contributed by atoms with Crippen molar-refractivity contribution in [3.05, 3.63) is 17.8 Å². The van der Waals surface area contributed by atoms with Crippen LogP contribution in [0.25, 0.3) is 0 Å². The third-order valence-electron chi connectivity index (χ3n) is 2.78. The lowest BCUT2D eigenvalue weighted by atomic mass is 10.2. The molecule has 0 aromatic carbocycles. The third kappa shape index (κ3) is 2.83. The quantitative estimate of drug-likeness (QED) is 0.853. The molecule has 0 aliphatic carbocycles. The van der Waals surface area contributed by atoms with Crippen LogP contribution < -0.4 is 5.32 Å². The number of hydrogen-bond donors (Lipinski definition) is 1. The van der Waals surface area contributed by atoms with Crippen LogP contribution in [0.3, 0.4) is 0 Å². The van der Waals surface area contributed by atoms with E-state index in [1.807, 2.05) is 0 Å². The summed E-state index contributed by atoms with van der Waals surface area (Å²) in [6, 6.07) is 0.443. The van der Waals surface area contributed by atoms with Crippen LogP contribution in [-0.2, 0) is 11.3 Å². The Kier molecular flexibility index (Phi) is 3.61. The van der Waals surface area contributed by atoms with Crippen molar-refractivity contribution in [1.29, 1.82) is 0 Å². The lowest BCUT2D eigenvalue weighted by Crippen LogP contribution is -2.21. The van der Waals surface area contributed by atoms with Crippen LogP contribution in [0.1, 0.15) is 51.4 Å². The highest BCUT2D eigenvalue weighted by Crippen LogP contribution is 2.32. The number of rotatable bonds is 4. The lowest BCUT2D eigenvalue weighted by Gasteiger charge is -2.07. The maximum Gasteiger partial charge on any atom is 0.208 e. The lowest BCUT2D eigenvalue weighted by molar-refractivity contribution is 0.0416. The third-order valence-corrected chi connectivity index (χ3v) is 2.78. The number of nitrogens with zero attached hydrogens (tertiary/aromatic N) is 1. The van der Waals surface area contributed by atoms with Gasteiger partial charge in [-0.1, -0.05) is 13.8 Å². The zero-order valence-electron chi connectivity index (χ0n) is 10.2. The van der Waals surface area contributed by atoms with Crippen molar-refractivity contribution in [2.45, 2.75) is 58.4 Å². The monoisotopic (exact) mass is 224 g/mol. The Hall–Kier alpha value is -0.870. The van der Waals surface area contributed by atoms with Crippen molar-refractivity contribution in [3.63, 3.8) is 0 Å². The fraction of sp³-hybridized carbons (Fsp3) is 0.750. The van der Waals surface area contributed by atoms with Gasteiger partial charge in [-0.05, 0) is 19.8 Å². The van der Waals surface area contributed by atoms with Crippen molar-refractivity contribution in [2.75, 3.05) is 0 Å². The summed E-state index contributed by atoms with van der Waals surface area (Å²) in [6.45, 7) is 6.98.